The molecule has 194 valence electrons. The Morgan fingerprint density at radius 1 is 1.08 bits per heavy atom. The Bertz CT molecular complexity index is 1550. The summed E-state index contributed by atoms with van der Waals surface area (Å²) in [5, 5.41) is 9.55. The van der Waals surface area contributed by atoms with E-state index in [9.17, 15) is 4.39 Å². The number of nitrogens with zero attached hydrogens (tertiary/aromatic N) is 5. The molecule has 3 aliphatic carbocycles. The maximum Gasteiger partial charge on any atom is 0.182 e. The van der Waals surface area contributed by atoms with Gasteiger partial charge in [0.05, 0.1) is 18.4 Å². The van der Waals surface area contributed by atoms with E-state index in [0.717, 1.165) is 53.8 Å². The molecule has 0 saturated heterocycles. The van der Waals surface area contributed by atoms with Crippen LogP contribution in [0.15, 0.2) is 73.6 Å². The number of aromatic nitrogens is 6. The second kappa shape index (κ2) is 9.51. The summed E-state index contributed by atoms with van der Waals surface area (Å²) in [7, 11) is 0. The van der Waals surface area contributed by atoms with Gasteiger partial charge in [-0.25, -0.2) is 14.1 Å². The summed E-state index contributed by atoms with van der Waals surface area (Å²) in [6, 6.07) is 15.0. The minimum atomic E-state index is -0.603. The molecular formula is C30H32FN7. The molecule has 8 rings (SSSR count). The van der Waals surface area contributed by atoms with E-state index in [-0.39, 0.29) is 0 Å². The molecule has 38 heavy (non-hydrogen) atoms. The summed E-state index contributed by atoms with van der Waals surface area (Å²) in [6.45, 7) is 3.61. The summed E-state index contributed by atoms with van der Waals surface area (Å²) >= 11 is 0. The van der Waals surface area contributed by atoms with Crippen molar-refractivity contribution in [1.29, 1.82) is 0 Å². The van der Waals surface area contributed by atoms with Crippen LogP contribution in [0.5, 0.6) is 0 Å². The first-order chi connectivity index (χ1) is 18.6. The van der Waals surface area contributed by atoms with Gasteiger partial charge in [0.1, 0.15) is 12.5 Å². The molecule has 0 radical (unpaired) electrons. The lowest BCUT2D eigenvalue weighted by molar-refractivity contribution is -0.0354. The van der Waals surface area contributed by atoms with E-state index in [1.165, 1.54) is 5.39 Å². The Labute approximate surface area is 221 Å². The van der Waals surface area contributed by atoms with Gasteiger partial charge in [-0.2, -0.15) is 5.10 Å². The van der Waals surface area contributed by atoms with Gasteiger partial charge in [0.2, 0.25) is 0 Å². The molecule has 2 unspecified atom stereocenters. The molecule has 4 heterocycles. The third-order valence-electron chi connectivity index (χ3n) is 8.59. The first kappa shape index (κ1) is 23.3. The smallest absolute Gasteiger partial charge is 0.182 e. The van der Waals surface area contributed by atoms with Gasteiger partial charge in [-0.15, -0.1) is 0 Å². The van der Waals surface area contributed by atoms with Crippen molar-refractivity contribution < 1.29 is 4.39 Å². The molecule has 0 aliphatic heterocycles. The standard InChI is InChI=1S/C30H32FN7/c1-19(27-13-28(31)23-9-22(27)10-23)33-15-25-11-21-5-4-20(8-29(21)35-25)17-38-18-34-30(36-38)24-12-26(16-32-14-24)37-6-2-3-7-37/h2-8,11-12,14,16,18-19,22-23,27-28,33,35H,9-10,13,15,17H2,1H3/t19?,22?,23?,27-,28?/m0/s1. The fourth-order valence-electron chi connectivity index (χ4n) is 6.35. The molecule has 8 heteroatoms. The van der Waals surface area contributed by atoms with Crippen LogP contribution in [0.2, 0.25) is 0 Å². The molecule has 3 atom stereocenters. The number of hydrogen-bond donors (Lipinski definition) is 2. The highest BCUT2D eigenvalue weighted by Crippen LogP contribution is 2.51. The SMILES string of the molecule is CC(NCc1cc2ccc(Cn3cnc(-c4cncc(-n5cccc5)c4)n3)cc2[nH]1)[C@@H]1CC(F)C2CC1C2. The molecule has 3 fully saturated rings. The van der Waals surface area contributed by atoms with E-state index in [1.54, 1.807) is 12.5 Å². The highest BCUT2D eigenvalue weighted by molar-refractivity contribution is 5.81. The van der Waals surface area contributed by atoms with Gasteiger partial charge in [0, 0.05) is 48.0 Å². The molecule has 0 amide bonds. The van der Waals surface area contributed by atoms with Crippen LogP contribution in [0, 0.1) is 17.8 Å². The summed E-state index contributed by atoms with van der Waals surface area (Å²) in [4.78, 5) is 12.5. The fourth-order valence-corrected chi connectivity index (χ4v) is 6.35. The van der Waals surface area contributed by atoms with Crippen molar-refractivity contribution in [2.45, 2.75) is 51.5 Å². The Balaban J connectivity index is 1.01. The minimum Gasteiger partial charge on any atom is -0.357 e. The van der Waals surface area contributed by atoms with Gasteiger partial charge >= 0.3 is 0 Å². The zero-order valence-corrected chi connectivity index (χ0v) is 21.5. The second-order valence-corrected chi connectivity index (χ2v) is 11.1. The minimum absolute atomic E-state index is 0.321. The lowest BCUT2D eigenvalue weighted by atomic mass is 9.57. The Morgan fingerprint density at radius 2 is 1.95 bits per heavy atom. The number of pyridine rings is 1. The Hall–Kier alpha value is -3.78. The number of nitrogens with one attached hydrogen (secondary N) is 2. The van der Waals surface area contributed by atoms with E-state index in [0.29, 0.717) is 36.2 Å². The van der Waals surface area contributed by atoms with E-state index >= 15 is 0 Å². The summed E-state index contributed by atoms with van der Waals surface area (Å²) in [6.07, 6.45) is 11.7. The Kier molecular flexibility index (Phi) is 5.84. The number of alkyl halides is 1. The quantitative estimate of drug-likeness (QED) is 0.289. The molecule has 4 aromatic heterocycles. The molecule has 2 bridgehead atoms. The largest absolute Gasteiger partial charge is 0.357 e. The summed E-state index contributed by atoms with van der Waals surface area (Å²) in [5.74, 6) is 2.15. The normalized spacial score (nSPS) is 23.4. The predicted molar refractivity (Wildman–Crippen MR) is 145 cm³/mol. The zero-order chi connectivity index (χ0) is 25.6. The van der Waals surface area contributed by atoms with Crippen molar-refractivity contribution in [2.75, 3.05) is 0 Å². The van der Waals surface area contributed by atoms with Crippen molar-refractivity contribution in [2.24, 2.45) is 17.8 Å². The molecular weight excluding hydrogens is 477 g/mol. The van der Waals surface area contributed by atoms with Gasteiger partial charge in [0.15, 0.2) is 5.82 Å². The van der Waals surface area contributed by atoms with Crippen molar-refractivity contribution in [3.63, 3.8) is 0 Å². The molecule has 1 aromatic carbocycles. The van der Waals surface area contributed by atoms with Gasteiger partial charge in [-0.05, 0) is 85.2 Å². The molecule has 5 aromatic rings. The number of hydrogen-bond acceptors (Lipinski definition) is 4. The van der Waals surface area contributed by atoms with E-state index in [2.05, 4.69) is 51.5 Å². The molecule has 2 N–H and O–H groups in total. The van der Waals surface area contributed by atoms with Crippen LogP contribution >= 0.6 is 0 Å². The van der Waals surface area contributed by atoms with Crippen molar-refractivity contribution in [3.8, 4) is 17.1 Å². The van der Waals surface area contributed by atoms with Crippen LogP contribution in [0.25, 0.3) is 28.0 Å². The molecule has 3 saturated carbocycles. The molecule has 3 aliphatic rings. The average Bonchev–Trinajstić information content (AvgIpc) is 3.67. The number of H-pyrrole nitrogens is 1. The predicted octanol–water partition coefficient (Wildman–Crippen LogP) is 5.52. The highest BCUT2D eigenvalue weighted by atomic mass is 19.1. The monoisotopic (exact) mass is 509 g/mol. The van der Waals surface area contributed by atoms with E-state index in [4.69, 9.17) is 5.10 Å². The summed E-state index contributed by atoms with van der Waals surface area (Å²) in [5.41, 5.74) is 5.27. The number of fused-ring (bicyclic) bond motifs is 3. The van der Waals surface area contributed by atoms with Gasteiger partial charge < -0.3 is 14.9 Å². The van der Waals surface area contributed by atoms with E-state index in [1.807, 2.05) is 46.0 Å². The molecule has 0 spiro atoms. The van der Waals surface area contributed by atoms with Crippen molar-refractivity contribution in [3.05, 3.63) is 84.8 Å². The van der Waals surface area contributed by atoms with Crippen LogP contribution in [0.3, 0.4) is 0 Å². The third-order valence-corrected chi connectivity index (χ3v) is 8.59. The third kappa shape index (κ3) is 4.43. The van der Waals surface area contributed by atoms with Crippen LogP contribution in [0.1, 0.15) is 37.4 Å². The summed E-state index contributed by atoms with van der Waals surface area (Å²) < 4.78 is 18.1. The fraction of sp³-hybridized carbons (Fsp3) is 0.367. The zero-order valence-electron chi connectivity index (χ0n) is 21.5. The van der Waals surface area contributed by atoms with Gasteiger partial charge in [0.25, 0.3) is 0 Å². The van der Waals surface area contributed by atoms with Gasteiger partial charge in [-0.1, -0.05) is 12.1 Å². The van der Waals surface area contributed by atoms with Gasteiger partial charge in [-0.3, -0.25) is 4.98 Å². The number of aromatic amines is 1. The van der Waals surface area contributed by atoms with Crippen molar-refractivity contribution in [1.82, 2.24) is 34.6 Å². The first-order valence-electron chi connectivity index (χ1n) is 13.6. The van der Waals surface area contributed by atoms with E-state index < -0.39 is 6.17 Å². The highest BCUT2D eigenvalue weighted by Gasteiger charge is 2.47. The first-order valence-corrected chi connectivity index (χ1v) is 13.6. The number of benzene rings is 1. The number of halogens is 1. The van der Waals surface area contributed by atoms with Crippen LogP contribution in [-0.4, -0.2) is 41.5 Å². The Morgan fingerprint density at radius 3 is 2.79 bits per heavy atom. The lowest BCUT2D eigenvalue weighted by Gasteiger charge is -2.50. The van der Waals surface area contributed by atoms with Crippen LogP contribution in [-0.2, 0) is 13.1 Å². The van der Waals surface area contributed by atoms with Crippen molar-refractivity contribution >= 4 is 10.9 Å². The lowest BCUT2D eigenvalue weighted by Crippen LogP contribution is -2.50. The second-order valence-electron chi connectivity index (χ2n) is 11.1. The average molecular weight is 510 g/mol. The number of rotatable bonds is 8. The van der Waals surface area contributed by atoms with Crippen LogP contribution in [0.4, 0.5) is 4.39 Å². The maximum atomic E-state index is 14.2. The molecule has 7 nitrogen and oxygen atoms in total. The topological polar surface area (TPSA) is 76.3 Å². The maximum absolute atomic E-state index is 14.2. The van der Waals surface area contributed by atoms with Crippen LogP contribution < -0.4 is 5.32 Å².